The standard InChI is InChI=1S/C22H29N2O6P/c1-4-29-31(30-5-2)15-28-18-8-9-19-20(16(3)26)12-23(21(19)11-18)13-22(27)24-10-6-7-17(24)14-25/h8-9,11-12,14,17H,4-7,10,13,15H2,1-3H3. The van der Waals surface area contributed by atoms with Crippen LogP contribution in [0.25, 0.3) is 10.9 Å². The zero-order valence-corrected chi connectivity index (χ0v) is 19.1. The van der Waals surface area contributed by atoms with Gasteiger partial charge >= 0.3 is 0 Å². The molecule has 31 heavy (non-hydrogen) atoms. The van der Waals surface area contributed by atoms with Crippen LogP contribution < -0.4 is 4.74 Å². The van der Waals surface area contributed by atoms with E-state index in [2.05, 4.69) is 0 Å². The van der Waals surface area contributed by atoms with Gasteiger partial charge in [-0.25, -0.2) is 0 Å². The summed E-state index contributed by atoms with van der Waals surface area (Å²) in [5.41, 5.74) is 1.28. The summed E-state index contributed by atoms with van der Waals surface area (Å²) in [5, 5.41) is 0.762. The molecule has 0 N–H and O–H groups in total. The number of carbonyl (C=O) groups is 3. The van der Waals surface area contributed by atoms with Gasteiger partial charge in [-0.15, -0.1) is 0 Å². The highest BCUT2D eigenvalue weighted by molar-refractivity contribution is 7.47. The normalized spacial score (nSPS) is 16.3. The van der Waals surface area contributed by atoms with E-state index in [0.29, 0.717) is 37.5 Å². The van der Waals surface area contributed by atoms with Gasteiger partial charge in [-0.1, -0.05) is 0 Å². The van der Waals surface area contributed by atoms with E-state index in [0.717, 1.165) is 23.6 Å². The lowest BCUT2D eigenvalue weighted by Gasteiger charge is -2.21. The first-order chi connectivity index (χ1) is 15.0. The number of hydrogen-bond donors (Lipinski definition) is 0. The van der Waals surface area contributed by atoms with Crippen LogP contribution in [0.2, 0.25) is 0 Å². The molecule has 1 amide bonds. The highest BCUT2D eigenvalue weighted by Gasteiger charge is 2.28. The van der Waals surface area contributed by atoms with Gasteiger partial charge in [0.1, 0.15) is 18.6 Å². The Bertz CT molecular complexity index is 937. The first-order valence-corrected chi connectivity index (χ1v) is 11.9. The van der Waals surface area contributed by atoms with Gasteiger partial charge in [0.2, 0.25) is 14.3 Å². The smallest absolute Gasteiger partial charge is 0.243 e. The number of ketones is 1. The quantitative estimate of drug-likeness (QED) is 0.296. The number of amides is 1. The van der Waals surface area contributed by atoms with Gasteiger partial charge < -0.3 is 28.0 Å². The molecule has 1 atom stereocenters. The van der Waals surface area contributed by atoms with Gasteiger partial charge in [0.15, 0.2) is 12.1 Å². The molecule has 1 saturated heterocycles. The highest BCUT2D eigenvalue weighted by atomic mass is 31.2. The maximum atomic E-state index is 12.9. The maximum Gasteiger partial charge on any atom is 0.243 e. The molecule has 0 bridgehead atoms. The number of carbonyl (C=O) groups excluding carboxylic acids is 3. The molecule has 168 valence electrons. The number of Topliss-reactive ketones (excluding diaryl/α,β-unsaturated/α-hetero) is 1. The molecule has 1 unspecified atom stereocenters. The maximum absolute atomic E-state index is 12.9. The molecule has 2 aromatic rings. The lowest BCUT2D eigenvalue weighted by Crippen LogP contribution is -2.38. The summed E-state index contributed by atoms with van der Waals surface area (Å²) in [5.74, 6) is 0.394. The Balaban J connectivity index is 1.84. The van der Waals surface area contributed by atoms with Crippen LogP contribution in [-0.2, 0) is 25.2 Å². The van der Waals surface area contributed by atoms with Crippen LogP contribution in [0.5, 0.6) is 5.75 Å². The largest absolute Gasteiger partial charge is 0.484 e. The molecule has 0 aliphatic carbocycles. The van der Waals surface area contributed by atoms with Crippen molar-refractivity contribution in [2.45, 2.75) is 46.2 Å². The molecule has 1 aromatic carbocycles. The topological polar surface area (TPSA) is 87.1 Å². The number of likely N-dealkylation sites (tertiary alicyclic amines) is 1. The zero-order chi connectivity index (χ0) is 22.4. The fourth-order valence-corrected chi connectivity index (χ4v) is 4.83. The van der Waals surface area contributed by atoms with Gasteiger partial charge in [-0.05, 0) is 45.7 Å². The number of aromatic nitrogens is 1. The average molecular weight is 448 g/mol. The van der Waals surface area contributed by atoms with Gasteiger partial charge in [0.05, 0.1) is 24.8 Å². The van der Waals surface area contributed by atoms with Crippen LogP contribution in [0.15, 0.2) is 24.4 Å². The minimum Gasteiger partial charge on any atom is -0.484 e. The van der Waals surface area contributed by atoms with Crippen molar-refractivity contribution in [1.82, 2.24) is 9.47 Å². The summed E-state index contributed by atoms with van der Waals surface area (Å²) in [6, 6.07) is 5.09. The molecule has 2 heterocycles. The van der Waals surface area contributed by atoms with Gasteiger partial charge in [0, 0.05) is 29.8 Å². The van der Waals surface area contributed by atoms with Crippen molar-refractivity contribution in [3.8, 4) is 5.75 Å². The van der Waals surface area contributed by atoms with Crippen LogP contribution in [0.3, 0.4) is 0 Å². The first kappa shape index (κ1) is 23.4. The molecule has 1 fully saturated rings. The van der Waals surface area contributed by atoms with Crippen molar-refractivity contribution >= 4 is 37.3 Å². The van der Waals surface area contributed by atoms with Crippen molar-refractivity contribution < 1.29 is 28.2 Å². The zero-order valence-electron chi connectivity index (χ0n) is 18.2. The van der Waals surface area contributed by atoms with Crippen molar-refractivity contribution in [3.63, 3.8) is 0 Å². The molecule has 0 spiro atoms. The predicted molar refractivity (Wildman–Crippen MR) is 118 cm³/mol. The Morgan fingerprint density at radius 2 is 1.97 bits per heavy atom. The fourth-order valence-electron chi connectivity index (χ4n) is 3.78. The average Bonchev–Trinajstić information content (AvgIpc) is 3.37. The predicted octanol–water partition coefficient (Wildman–Crippen LogP) is 3.76. The Morgan fingerprint density at radius 3 is 2.61 bits per heavy atom. The number of ether oxygens (including phenoxy) is 1. The Labute approximate surface area is 183 Å². The molecule has 9 heteroatoms. The Morgan fingerprint density at radius 1 is 1.23 bits per heavy atom. The minimum absolute atomic E-state index is 0.0577. The second kappa shape index (κ2) is 10.8. The van der Waals surface area contributed by atoms with Crippen molar-refractivity contribution in [2.75, 3.05) is 26.1 Å². The minimum atomic E-state index is -1.14. The van der Waals surface area contributed by atoms with E-state index in [1.807, 2.05) is 26.0 Å². The van der Waals surface area contributed by atoms with E-state index in [-0.39, 0.29) is 30.6 Å². The Hall–Kier alpha value is -2.28. The number of nitrogens with zero attached hydrogens (tertiary/aromatic N) is 2. The lowest BCUT2D eigenvalue weighted by atomic mass is 10.1. The van der Waals surface area contributed by atoms with Crippen molar-refractivity contribution in [1.29, 1.82) is 0 Å². The van der Waals surface area contributed by atoms with Gasteiger partial charge in [0.25, 0.3) is 0 Å². The summed E-state index contributed by atoms with van der Waals surface area (Å²) < 4.78 is 18.8. The highest BCUT2D eigenvalue weighted by Crippen LogP contribution is 2.38. The number of hydrogen-bond acceptors (Lipinski definition) is 6. The summed E-state index contributed by atoms with van der Waals surface area (Å²) >= 11 is 0. The van der Waals surface area contributed by atoms with Crippen molar-refractivity contribution in [3.05, 3.63) is 30.0 Å². The first-order valence-electron chi connectivity index (χ1n) is 10.5. The van der Waals surface area contributed by atoms with Crippen molar-refractivity contribution in [2.24, 2.45) is 0 Å². The number of benzene rings is 1. The van der Waals surface area contributed by atoms with E-state index < -0.39 is 8.38 Å². The number of aldehydes is 1. The van der Waals surface area contributed by atoms with Crippen LogP contribution in [-0.4, -0.2) is 59.6 Å². The number of rotatable bonds is 11. The molecular weight excluding hydrogens is 419 g/mol. The second-order valence-electron chi connectivity index (χ2n) is 7.28. The van der Waals surface area contributed by atoms with Gasteiger partial charge in [-0.2, -0.15) is 0 Å². The molecule has 1 aliphatic rings. The summed E-state index contributed by atoms with van der Waals surface area (Å²) in [7, 11) is -1.14. The third-order valence-electron chi connectivity index (χ3n) is 5.20. The van der Waals surface area contributed by atoms with Crippen LogP contribution in [0.1, 0.15) is 44.0 Å². The van der Waals surface area contributed by atoms with E-state index in [9.17, 15) is 14.4 Å². The van der Waals surface area contributed by atoms with E-state index >= 15 is 0 Å². The molecule has 1 aliphatic heterocycles. The molecule has 0 saturated carbocycles. The molecule has 3 rings (SSSR count). The van der Waals surface area contributed by atoms with Crippen LogP contribution >= 0.6 is 8.38 Å². The summed E-state index contributed by atoms with van der Waals surface area (Å²) in [6.45, 7) is 7.03. The molecule has 1 aromatic heterocycles. The number of fused-ring (bicyclic) bond motifs is 1. The van der Waals surface area contributed by atoms with E-state index in [1.54, 1.807) is 21.7 Å². The van der Waals surface area contributed by atoms with E-state index in [4.69, 9.17) is 13.8 Å². The molecular formula is C22H29N2O6P. The summed E-state index contributed by atoms with van der Waals surface area (Å²) in [4.78, 5) is 37.9. The van der Waals surface area contributed by atoms with Crippen LogP contribution in [0.4, 0.5) is 0 Å². The Kier molecular flexibility index (Phi) is 8.18. The molecule has 0 radical (unpaired) electrons. The monoisotopic (exact) mass is 448 g/mol. The molecule has 8 nitrogen and oxygen atoms in total. The van der Waals surface area contributed by atoms with Crippen LogP contribution in [0, 0.1) is 0 Å². The van der Waals surface area contributed by atoms with E-state index in [1.165, 1.54) is 6.92 Å². The third-order valence-corrected chi connectivity index (χ3v) is 6.63. The lowest BCUT2D eigenvalue weighted by molar-refractivity contribution is -0.135. The fraction of sp³-hybridized carbons (Fsp3) is 0.500. The van der Waals surface area contributed by atoms with Gasteiger partial charge in [-0.3, -0.25) is 9.59 Å². The SMILES string of the molecule is CCOP(COc1ccc2c(C(C)=O)cn(CC(=O)N3CCCC3C=O)c2c1)OCC. The summed E-state index contributed by atoms with van der Waals surface area (Å²) in [6.07, 6.45) is 4.34. The second-order valence-corrected chi connectivity index (χ2v) is 8.72. The third kappa shape index (κ3) is 5.50.